The standard InChI is InChI=1S/C38H42N2O2/c1-29-16-14-15-23-33(29)28-40(37(41)27-35(31-19-8-3-9-20-31)32-21-10-4-11-22-32)36(26-30-17-6-2-7-18-30)38(42)39-34-24-12-5-13-25-34/h2-4,6-11,14-23,34-36H,5,12-13,24-28H2,1H3,(H,39,42). The Bertz CT molecular complexity index is 1380. The van der Waals surface area contributed by atoms with Crippen LogP contribution in [0.1, 0.15) is 72.3 Å². The van der Waals surface area contributed by atoms with Crippen molar-refractivity contribution in [1.82, 2.24) is 10.2 Å². The SMILES string of the molecule is Cc1ccccc1CN(C(=O)CC(c1ccccc1)c1ccccc1)C(Cc1ccccc1)C(=O)NC1CCCCC1. The Labute approximate surface area is 250 Å². The Morgan fingerprint density at radius 3 is 1.88 bits per heavy atom. The molecule has 4 aromatic carbocycles. The van der Waals surface area contributed by atoms with Crippen LogP contribution in [0, 0.1) is 6.92 Å². The summed E-state index contributed by atoms with van der Waals surface area (Å²) in [5.74, 6) is -0.183. The van der Waals surface area contributed by atoms with E-state index in [-0.39, 0.29) is 30.2 Å². The summed E-state index contributed by atoms with van der Waals surface area (Å²) in [7, 11) is 0. The molecule has 0 radical (unpaired) electrons. The number of amides is 2. The molecule has 0 aromatic heterocycles. The van der Waals surface area contributed by atoms with Crippen LogP contribution in [0.4, 0.5) is 0 Å². The van der Waals surface area contributed by atoms with Crippen LogP contribution in [-0.4, -0.2) is 28.8 Å². The molecular formula is C38H42N2O2. The quantitative estimate of drug-likeness (QED) is 0.206. The average molecular weight is 559 g/mol. The molecule has 4 aromatic rings. The largest absolute Gasteiger partial charge is 0.352 e. The molecule has 1 aliphatic rings. The summed E-state index contributed by atoms with van der Waals surface area (Å²) in [4.78, 5) is 30.6. The van der Waals surface area contributed by atoms with E-state index in [0.29, 0.717) is 13.0 Å². The number of benzene rings is 4. The fourth-order valence-corrected chi connectivity index (χ4v) is 6.16. The third-order valence-corrected chi connectivity index (χ3v) is 8.61. The number of carbonyl (C=O) groups excluding carboxylic acids is 2. The molecule has 1 N–H and O–H groups in total. The predicted molar refractivity (Wildman–Crippen MR) is 170 cm³/mol. The third kappa shape index (κ3) is 7.76. The predicted octanol–water partition coefficient (Wildman–Crippen LogP) is 7.61. The lowest BCUT2D eigenvalue weighted by Crippen LogP contribution is -2.53. The Morgan fingerprint density at radius 2 is 1.29 bits per heavy atom. The summed E-state index contributed by atoms with van der Waals surface area (Å²) >= 11 is 0. The summed E-state index contributed by atoms with van der Waals surface area (Å²) < 4.78 is 0. The van der Waals surface area contributed by atoms with Gasteiger partial charge >= 0.3 is 0 Å². The number of hydrogen-bond donors (Lipinski definition) is 1. The molecule has 216 valence electrons. The zero-order valence-electron chi connectivity index (χ0n) is 24.6. The summed E-state index contributed by atoms with van der Waals surface area (Å²) in [6.07, 6.45) is 6.24. The zero-order valence-corrected chi connectivity index (χ0v) is 24.6. The molecule has 0 heterocycles. The van der Waals surface area contributed by atoms with Crippen LogP contribution in [-0.2, 0) is 22.6 Å². The van der Waals surface area contributed by atoms with E-state index in [0.717, 1.165) is 53.5 Å². The Kier molecular flexibility index (Phi) is 10.2. The Morgan fingerprint density at radius 1 is 0.738 bits per heavy atom. The first kappa shape index (κ1) is 29.3. The lowest BCUT2D eigenvalue weighted by atomic mass is 9.87. The monoisotopic (exact) mass is 558 g/mol. The van der Waals surface area contributed by atoms with E-state index in [2.05, 4.69) is 48.6 Å². The molecule has 2 amide bonds. The minimum atomic E-state index is -0.617. The average Bonchev–Trinajstić information content (AvgIpc) is 3.04. The second kappa shape index (κ2) is 14.6. The van der Waals surface area contributed by atoms with Crippen molar-refractivity contribution in [2.24, 2.45) is 0 Å². The summed E-state index contributed by atoms with van der Waals surface area (Å²) in [5.41, 5.74) is 5.42. The highest BCUT2D eigenvalue weighted by atomic mass is 16.2. The number of hydrogen-bond acceptors (Lipinski definition) is 2. The minimum Gasteiger partial charge on any atom is -0.352 e. The van der Waals surface area contributed by atoms with Crippen LogP contribution < -0.4 is 5.32 Å². The maximum Gasteiger partial charge on any atom is 0.243 e. The van der Waals surface area contributed by atoms with Gasteiger partial charge in [0.05, 0.1) is 0 Å². The molecule has 1 atom stereocenters. The Hall–Kier alpha value is -4.18. The van der Waals surface area contributed by atoms with Gasteiger partial charge < -0.3 is 10.2 Å². The van der Waals surface area contributed by atoms with Crippen LogP contribution in [0.5, 0.6) is 0 Å². The van der Waals surface area contributed by atoms with Gasteiger partial charge in [-0.3, -0.25) is 9.59 Å². The molecule has 0 spiro atoms. The fraction of sp³-hybridized carbons (Fsp3) is 0.316. The summed E-state index contributed by atoms with van der Waals surface area (Å²) in [6.45, 7) is 2.46. The van der Waals surface area contributed by atoms with E-state index >= 15 is 0 Å². The molecule has 0 bridgehead atoms. The molecule has 42 heavy (non-hydrogen) atoms. The highest BCUT2D eigenvalue weighted by molar-refractivity contribution is 5.88. The molecule has 0 saturated heterocycles. The van der Waals surface area contributed by atoms with Crippen LogP contribution >= 0.6 is 0 Å². The number of rotatable bonds is 11. The van der Waals surface area contributed by atoms with Gasteiger partial charge in [0.15, 0.2) is 0 Å². The van der Waals surface area contributed by atoms with Gasteiger partial charge in [0.1, 0.15) is 6.04 Å². The number of aryl methyl sites for hydroxylation is 1. The Balaban J connectivity index is 1.51. The molecule has 5 rings (SSSR count). The van der Waals surface area contributed by atoms with Crippen LogP contribution in [0.3, 0.4) is 0 Å². The smallest absolute Gasteiger partial charge is 0.243 e. The first-order valence-electron chi connectivity index (χ1n) is 15.4. The number of carbonyl (C=O) groups is 2. The second-order valence-electron chi connectivity index (χ2n) is 11.6. The van der Waals surface area contributed by atoms with E-state index < -0.39 is 6.04 Å². The molecule has 1 saturated carbocycles. The van der Waals surface area contributed by atoms with E-state index in [4.69, 9.17) is 0 Å². The van der Waals surface area contributed by atoms with Crippen molar-refractivity contribution >= 4 is 11.8 Å². The van der Waals surface area contributed by atoms with Crippen molar-refractivity contribution in [2.75, 3.05) is 0 Å². The van der Waals surface area contributed by atoms with E-state index in [1.165, 1.54) is 6.42 Å². The van der Waals surface area contributed by atoms with E-state index in [9.17, 15) is 9.59 Å². The molecule has 1 fully saturated rings. The van der Waals surface area contributed by atoms with Gasteiger partial charge in [0.25, 0.3) is 0 Å². The topological polar surface area (TPSA) is 49.4 Å². The van der Waals surface area contributed by atoms with Gasteiger partial charge in [0, 0.05) is 31.3 Å². The van der Waals surface area contributed by atoms with Gasteiger partial charge in [-0.2, -0.15) is 0 Å². The number of nitrogens with one attached hydrogen (secondary N) is 1. The zero-order chi connectivity index (χ0) is 29.1. The van der Waals surface area contributed by atoms with Crippen molar-refractivity contribution < 1.29 is 9.59 Å². The molecular weight excluding hydrogens is 516 g/mol. The van der Waals surface area contributed by atoms with E-state index in [1.54, 1.807) is 0 Å². The molecule has 1 unspecified atom stereocenters. The maximum atomic E-state index is 14.6. The van der Waals surface area contributed by atoms with Gasteiger partial charge in [-0.25, -0.2) is 0 Å². The minimum absolute atomic E-state index is 0.0179. The highest BCUT2D eigenvalue weighted by Crippen LogP contribution is 2.30. The van der Waals surface area contributed by atoms with Crippen molar-refractivity contribution in [3.05, 3.63) is 143 Å². The van der Waals surface area contributed by atoms with Crippen molar-refractivity contribution in [2.45, 2.75) is 76.4 Å². The second-order valence-corrected chi connectivity index (χ2v) is 11.6. The highest BCUT2D eigenvalue weighted by Gasteiger charge is 2.33. The van der Waals surface area contributed by atoms with Gasteiger partial charge in [-0.05, 0) is 47.6 Å². The summed E-state index contributed by atoms with van der Waals surface area (Å²) in [5, 5.41) is 3.36. The lowest BCUT2D eigenvalue weighted by Gasteiger charge is -2.34. The normalized spacial score (nSPS) is 14.3. The van der Waals surface area contributed by atoms with Crippen molar-refractivity contribution in [1.29, 1.82) is 0 Å². The molecule has 4 nitrogen and oxygen atoms in total. The fourth-order valence-electron chi connectivity index (χ4n) is 6.16. The number of nitrogens with zero attached hydrogens (tertiary/aromatic N) is 1. The third-order valence-electron chi connectivity index (χ3n) is 8.61. The first-order valence-corrected chi connectivity index (χ1v) is 15.4. The maximum absolute atomic E-state index is 14.6. The van der Waals surface area contributed by atoms with Gasteiger partial charge in [-0.1, -0.05) is 135 Å². The summed E-state index contributed by atoms with van der Waals surface area (Å²) in [6, 6.07) is 38.3. The lowest BCUT2D eigenvalue weighted by molar-refractivity contribution is -0.141. The van der Waals surface area contributed by atoms with Gasteiger partial charge in [0.2, 0.25) is 11.8 Å². The molecule has 1 aliphatic carbocycles. The van der Waals surface area contributed by atoms with Crippen LogP contribution in [0.15, 0.2) is 115 Å². The van der Waals surface area contributed by atoms with E-state index in [1.807, 2.05) is 83.8 Å². The van der Waals surface area contributed by atoms with Crippen molar-refractivity contribution in [3.8, 4) is 0 Å². The van der Waals surface area contributed by atoms with Gasteiger partial charge in [-0.15, -0.1) is 0 Å². The van der Waals surface area contributed by atoms with Crippen molar-refractivity contribution in [3.63, 3.8) is 0 Å². The molecule has 0 aliphatic heterocycles. The molecule has 4 heteroatoms. The van der Waals surface area contributed by atoms with Crippen LogP contribution in [0.2, 0.25) is 0 Å². The van der Waals surface area contributed by atoms with Crippen LogP contribution in [0.25, 0.3) is 0 Å². The first-order chi connectivity index (χ1) is 20.6.